The van der Waals surface area contributed by atoms with Gasteiger partial charge in [-0.3, -0.25) is 0 Å². The van der Waals surface area contributed by atoms with Gasteiger partial charge in [-0.15, -0.1) is 0 Å². The smallest absolute Gasteiger partial charge is 0.232 e. The van der Waals surface area contributed by atoms with Crippen molar-refractivity contribution in [1.82, 2.24) is 0 Å². The van der Waals surface area contributed by atoms with Crippen LogP contribution in [-0.2, 0) is 15.5 Å². The predicted octanol–water partition coefficient (Wildman–Crippen LogP) is 3.61. The van der Waals surface area contributed by atoms with E-state index in [-0.39, 0.29) is 11.7 Å². The van der Waals surface area contributed by atoms with E-state index in [1.54, 1.807) is 6.92 Å². The summed E-state index contributed by atoms with van der Waals surface area (Å²) in [5.74, 6) is 0.574. The van der Waals surface area contributed by atoms with Crippen LogP contribution >= 0.6 is 10.7 Å². The summed E-state index contributed by atoms with van der Waals surface area (Å²) in [4.78, 5) is 0. The van der Waals surface area contributed by atoms with Gasteiger partial charge in [0.05, 0.1) is 12.4 Å². The average Bonchev–Trinajstić information content (AvgIpc) is 2.33. The Bertz CT molecular complexity index is 468. The molecule has 0 aliphatic rings. The van der Waals surface area contributed by atoms with Crippen LogP contribution in [0.4, 0.5) is 0 Å². The summed E-state index contributed by atoms with van der Waals surface area (Å²) in [5, 5.41) is 0. The molecule has 19 heavy (non-hydrogen) atoms. The van der Waals surface area contributed by atoms with Gasteiger partial charge in [-0.05, 0) is 30.5 Å². The fourth-order valence-electron chi connectivity index (χ4n) is 1.76. The molecule has 0 bridgehead atoms. The lowest BCUT2D eigenvalue weighted by Crippen LogP contribution is -2.16. The predicted molar refractivity (Wildman–Crippen MR) is 79.4 cm³/mol. The first kappa shape index (κ1) is 16.3. The van der Waals surface area contributed by atoms with Crippen LogP contribution in [0.2, 0.25) is 0 Å². The average molecular weight is 305 g/mol. The van der Waals surface area contributed by atoms with Crippen LogP contribution in [0.15, 0.2) is 24.3 Å². The molecule has 108 valence electrons. The van der Waals surface area contributed by atoms with E-state index in [4.69, 9.17) is 15.4 Å². The molecule has 0 amide bonds. The fraction of sp³-hybridized carbons (Fsp3) is 0.571. The Morgan fingerprint density at radius 3 is 2.42 bits per heavy atom. The second kappa shape index (κ2) is 7.75. The molecule has 1 aromatic rings. The van der Waals surface area contributed by atoms with Gasteiger partial charge in [-0.2, -0.15) is 0 Å². The second-order valence-electron chi connectivity index (χ2n) is 4.87. The molecule has 0 aliphatic carbocycles. The molecule has 0 saturated carbocycles. The number of hydrogen-bond donors (Lipinski definition) is 0. The summed E-state index contributed by atoms with van der Waals surface area (Å²) in [6, 6.07) is 7.95. The van der Waals surface area contributed by atoms with E-state index in [1.165, 1.54) is 18.4 Å². The second-order valence-corrected chi connectivity index (χ2v) is 7.69. The van der Waals surface area contributed by atoms with Gasteiger partial charge in [-0.1, -0.05) is 32.4 Å². The number of rotatable bonds is 8. The summed E-state index contributed by atoms with van der Waals surface area (Å²) in [7, 11) is 1.74. The molecule has 0 spiro atoms. The van der Waals surface area contributed by atoms with Crippen LogP contribution in [-0.4, -0.2) is 20.8 Å². The van der Waals surface area contributed by atoms with Crippen molar-refractivity contribution >= 4 is 19.7 Å². The third-order valence-electron chi connectivity index (χ3n) is 2.76. The van der Waals surface area contributed by atoms with E-state index >= 15 is 0 Å². The summed E-state index contributed by atoms with van der Waals surface area (Å²) in [6.07, 6.45) is 3.45. The van der Waals surface area contributed by atoms with Gasteiger partial charge in [0.25, 0.3) is 0 Å². The Kier molecular flexibility index (Phi) is 6.66. The van der Waals surface area contributed by atoms with Gasteiger partial charge in [0.15, 0.2) is 0 Å². The molecule has 0 aliphatic heterocycles. The summed E-state index contributed by atoms with van der Waals surface area (Å²) in [5.41, 5.74) is 1.30. The lowest BCUT2D eigenvalue weighted by atomic mass is 10.1. The zero-order chi connectivity index (χ0) is 14.3. The minimum absolute atomic E-state index is 0.0663. The molecular formula is C14H21ClO3S. The highest BCUT2D eigenvalue weighted by Crippen LogP contribution is 2.15. The van der Waals surface area contributed by atoms with E-state index < -0.39 is 9.05 Å². The number of halogens is 1. The Balaban J connectivity index is 2.41. The first-order chi connectivity index (χ1) is 8.90. The first-order valence-electron chi connectivity index (χ1n) is 6.54. The van der Waals surface area contributed by atoms with Crippen molar-refractivity contribution in [3.8, 4) is 5.75 Å². The quantitative estimate of drug-likeness (QED) is 0.689. The highest BCUT2D eigenvalue weighted by atomic mass is 35.7. The molecule has 0 radical (unpaired) electrons. The molecule has 0 heterocycles. The molecule has 0 saturated heterocycles. The van der Waals surface area contributed by atoms with Crippen LogP contribution in [0.25, 0.3) is 0 Å². The molecule has 1 rings (SSSR count). The van der Waals surface area contributed by atoms with E-state index in [1.807, 2.05) is 24.3 Å². The molecule has 0 fully saturated rings. The van der Waals surface area contributed by atoms with Crippen LogP contribution < -0.4 is 4.74 Å². The third kappa shape index (κ3) is 7.43. The maximum absolute atomic E-state index is 10.9. The van der Waals surface area contributed by atoms with E-state index in [0.29, 0.717) is 6.61 Å². The van der Waals surface area contributed by atoms with Crippen molar-refractivity contribution in [2.24, 2.45) is 5.92 Å². The van der Waals surface area contributed by atoms with Gasteiger partial charge < -0.3 is 4.74 Å². The van der Waals surface area contributed by atoms with Crippen LogP contribution in [0.1, 0.15) is 32.3 Å². The monoisotopic (exact) mass is 304 g/mol. The van der Waals surface area contributed by atoms with Crippen molar-refractivity contribution in [2.75, 3.05) is 12.4 Å². The zero-order valence-electron chi connectivity index (χ0n) is 11.4. The molecule has 5 heteroatoms. The molecule has 0 aromatic heterocycles. The van der Waals surface area contributed by atoms with E-state index in [2.05, 4.69) is 6.92 Å². The van der Waals surface area contributed by atoms with Crippen molar-refractivity contribution in [3.63, 3.8) is 0 Å². The zero-order valence-corrected chi connectivity index (χ0v) is 13.0. The minimum Gasteiger partial charge on any atom is -0.493 e. The molecule has 1 unspecified atom stereocenters. The van der Waals surface area contributed by atoms with Crippen molar-refractivity contribution in [2.45, 2.75) is 33.1 Å². The highest BCUT2D eigenvalue weighted by molar-refractivity contribution is 8.13. The summed E-state index contributed by atoms with van der Waals surface area (Å²) in [6.45, 7) is 4.32. The topological polar surface area (TPSA) is 43.4 Å². The molecule has 1 atom stereocenters. The van der Waals surface area contributed by atoms with Crippen molar-refractivity contribution < 1.29 is 13.2 Å². The van der Waals surface area contributed by atoms with Crippen molar-refractivity contribution in [3.05, 3.63) is 29.8 Å². The number of hydrogen-bond acceptors (Lipinski definition) is 3. The maximum atomic E-state index is 10.9. The molecule has 3 nitrogen and oxygen atoms in total. The first-order valence-corrected chi connectivity index (χ1v) is 9.02. The lowest BCUT2D eigenvalue weighted by molar-refractivity contribution is 0.272. The molecular weight excluding hydrogens is 284 g/mol. The van der Waals surface area contributed by atoms with Gasteiger partial charge in [-0.25, -0.2) is 8.42 Å². The standard InChI is InChI=1S/C14H21ClO3S/c1-3-4-5-13-6-8-14(9-7-13)18-10-12(2)11-19(15,16)17/h6-9,12H,3-5,10-11H2,1-2H3. The molecule has 0 N–H and O–H groups in total. The highest BCUT2D eigenvalue weighted by Gasteiger charge is 2.13. The summed E-state index contributed by atoms with van der Waals surface area (Å²) >= 11 is 0. The Morgan fingerprint density at radius 2 is 1.89 bits per heavy atom. The molecule has 1 aromatic carbocycles. The minimum atomic E-state index is -3.45. The van der Waals surface area contributed by atoms with Crippen LogP contribution in [0.3, 0.4) is 0 Å². The van der Waals surface area contributed by atoms with Gasteiger partial charge >= 0.3 is 0 Å². The number of benzene rings is 1. The van der Waals surface area contributed by atoms with E-state index in [0.717, 1.165) is 12.2 Å². The third-order valence-corrected chi connectivity index (χ3v) is 4.11. The van der Waals surface area contributed by atoms with Gasteiger partial charge in [0.2, 0.25) is 9.05 Å². The lowest BCUT2D eigenvalue weighted by Gasteiger charge is -2.11. The number of unbranched alkanes of at least 4 members (excludes halogenated alkanes) is 1. The number of aryl methyl sites for hydroxylation is 1. The Labute approximate surface area is 120 Å². The normalized spacial score (nSPS) is 13.2. The van der Waals surface area contributed by atoms with Gasteiger partial charge in [0.1, 0.15) is 5.75 Å². The maximum Gasteiger partial charge on any atom is 0.232 e. The fourth-order valence-corrected chi connectivity index (χ4v) is 3.18. The van der Waals surface area contributed by atoms with Gasteiger partial charge in [0, 0.05) is 16.6 Å². The Hall–Kier alpha value is -0.740. The largest absolute Gasteiger partial charge is 0.493 e. The Morgan fingerprint density at radius 1 is 1.26 bits per heavy atom. The number of ether oxygens (including phenoxy) is 1. The van der Waals surface area contributed by atoms with E-state index in [9.17, 15) is 8.42 Å². The summed E-state index contributed by atoms with van der Waals surface area (Å²) < 4.78 is 27.4. The SMILES string of the molecule is CCCCc1ccc(OCC(C)CS(=O)(=O)Cl)cc1. The van der Waals surface area contributed by atoms with Crippen LogP contribution in [0.5, 0.6) is 5.75 Å². The van der Waals surface area contributed by atoms with Crippen LogP contribution in [0, 0.1) is 5.92 Å². The van der Waals surface area contributed by atoms with Crippen molar-refractivity contribution in [1.29, 1.82) is 0 Å².